The van der Waals surface area contributed by atoms with Gasteiger partial charge < -0.3 is 14.8 Å². The van der Waals surface area contributed by atoms with Gasteiger partial charge in [-0.15, -0.1) is 0 Å². The first-order valence-electron chi connectivity index (χ1n) is 6.10. The van der Waals surface area contributed by atoms with Crippen molar-refractivity contribution in [1.29, 1.82) is 0 Å². The average Bonchev–Trinajstić information content (AvgIpc) is 2.48. The maximum atomic E-state index is 11.8. The third-order valence-corrected chi connectivity index (χ3v) is 3.44. The molecule has 0 aliphatic heterocycles. The van der Waals surface area contributed by atoms with E-state index in [0.29, 0.717) is 16.5 Å². The van der Waals surface area contributed by atoms with Gasteiger partial charge >= 0.3 is 0 Å². The summed E-state index contributed by atoms with van der Waals surface area (Å²) < 4.78 is 11.3. The highest BCUT2D eigenvalue weighted by Gasteiger charge is 2.07. The number of amides is 1. The van der Waals surface area contributed by atoms with Gasteiger partial charge in [0.15, 0.2) is 6.61 Å². The molecule has 0 bridgehead atoms. The lowest BCUT2D eigenvalue weighted by Crippen LogP contribution is -2.20. The molecule has 2 aromatic carbocycles. The zero-order chi connectivity index (χ0) is 15.2. The molecule has 0 spiro atoms. The van der Waals surface area contributed by atoms with Gasteiger partial charge in [-0.1, -0.05) is 27.5 Å². The summed E-state index contributed by atoms with van der Waals surface area (Å²) in [4.78, 5) is 11.8. The summed E-state index contributed by atoms with van der Waals surface area (Å²) >= 11 is 9.33. The van der Waals surface area contributed by atoms with E-state index in [1.54, 1.807) is 49.6 Å². The number of nitrogens with one attached hydrogen (secondary N) is 1. The van der Waals surface area contributed by atoms with Crippen molar-refractivity contribution in [2.75, 3.05) is 19.0 Å². The molecule has 0 saturated carbocycles. The summed E-state index contributed by atoms with van der Waals surface area (Å²) in [5, 5.41) is 3.15. The Bertz CT molecular complexity index is 631. The number of carbonyl (C=O) groups is 1. The molecule has 21 heavy (non-hydrogen) atoms. The second-order valence-corrected chi connectivity index (χ2v) is 5.46. The molecule has 0 atom stereocenters. The Kier molecular flexibility index (Phi) is 5.47. The minimum absolute atomic E-state index is 0.0985. The van der Waals surface area contributed by atoms with E-state index >= 15 is 0 Å². The van der Waals surface area contributed by atoms with Crippen LogP contribution in [-0.4, -0.2) is 19.6 Å². The van der Waals surface area contributed by atoms with Gasteiger partial charge in [0.2, 0.25) is 0 Å². The Balaban J connectivity index is 1.89. The first-order chi connectivity index (χ1) is 10.1. The van der Waals surface area contributed by atoms with Crippen molar-refractivity contribution in [2.45, 2.75) is 0 Å². The van der Waals surface area contributed by atoms with Gasteiger partial charge in [-0.25, -0.2) is 0 Å². The number of halogens is 2. The number of anilines is 1. The number of carbonyl (C=O) groups excluding carboxylic acids is 1. The van der Waals surface area contributed by atoms with E-state index in [-0.39, 0.29) is 12.5 Å². The fourth-order valence-electron chi connectivity index (χ4n) is 1.60. The average molecular weight is 371 g/mol. The van der Waals surface area contributed by atoms with Crippen molar-refractivity contribution in [3.8, 4) is 11.5 Å². The number of methoxy groups -OCH3 is 1. The molecule has 0 fully saturated rings. The van der Waals surface area contributed by atoms with E-state index in [1.165, 1.54) is 0 Å². The number of hydrogen-bond donors (Lipinski definition) is 1. The first kappa shape index (κ1) is 15.7. The molecule has 0 radical (unpaired) electrons. The van der Waals surface area contributed by atoms with Gasteiger partial charge in [-0.3, -0.25) is 4.79 Å². The first-order valence-corrected chi connectivity index (χ1v) is 7.27. The monoisotopic (exact) mass is 369 g/mol. The number of ether oxygens (including phenoxy) is 2. The normalized spacial score (nSPS) is 10.0. The lowest BCUT2D eigenvalue weighted by Gasteiger charge is -2.09. The molecule has 0 aromatic heterocycles. The van der Waals surface area contributed by atoms with Crippen molar-refractivity contribution in [3.05, 3.63) is 52.0 Å². The quantitative estimate of drug-likeness (QED) is 0.861. The third kappa shape index (κ3) is 4.65. The van der Waals surface area contributed by atoms with Crippen molar-refractivity contribution in [1.82, 2.24) is 0 Å². The SMILES string of the molecule is COc1ccc(OCC(=O)Nc2ccc(Br)cc2Cl)cc1. The molecule has 0 saturated heterocycles. The lowest BCUT2D eigenvalue weighted by atomic mass is 10.3. The molecule has 1 N–H and O–H groups in total. The molecule has 4 nitrogen and oxygen atoms in total. The van der Waals surface area contributed by atoms with E-state index in [2.05, 4.69) is 21.2 Å². The van der Waals surface area contributed by atoms with Crippen molar-refractivity contribution in [2.24, 2.45) is 0 Å². The van der Waals surface area contributed by atoms with Crippen LogP contribution in [0, 0.1) is 0 Å². The van der Waals surface area contributed by atoms with Crippen LogP contribution in [0.3, 0.4) is 0 Å². The Morgan fingerprint density at radius 1 is 1.19 bits per heavy atom. The molecular formula is C15H13BrClNO3. The van der Waals surface area contributed by atoms with Gasteiger partial charge in [-0.2, -0.15) is 0 Å². The van der Waals surface area contributed by atoms with Gasteiger partial charge in [0.05, 0.1) is 17.8 Å². The minimum Gasteiger partial charge on any atom is -0.497 e. The zero-order valence-corrected chi connectivity index (χ0v) is 13.6. The van der Waals surface area contributed by atoms with Crippen LogP contribution >= 0.6 is 27.5 Å². The van der Waals surface area contributed by atoms with Crippen LogP contribution in [0.25, 0.3) is 0 Å². The predicted octanol–water partition coefficient (Wildman–Crippen LogP) is 4.13. The van der Waals surface area contributed by atoms with Crippen LogP contribution in [0.2, 0.25) is 5.02 Å². The summed E-state index contributed by atoms with van der Waals surface area (Å²) in [5.41, 5.74) is 0.545. The fraction of sp³-hybridized carbons (Fsp3) is 0.133. The van der Waals surface area contributed by atoms with E-state index in [4.69, 9.17) is 21.1 Å². The minimum atomic E-state index is -0.282. The molecule has 0 aliphatic carbocycles. The second-order valence-electron chi connectivity index (χ2n) is 4.14. The summed E-state index contributed by atoms with van der Waals surface area (Å²) in [6, 6.07) is 12.2. The third-order valence-electron chi connectivity index (χ3n) is 2.63. The highest BCUT2D eigenvalue weighted by Crippen LogP contribution is 2.25. The van der Waals surface area contributed by atoms with Gasteiger partial charge in [-0.05, 0) is 42.5 Å². The summed E-state index contributed by atoms with van der Waals surface area (Å²) in [5.74, 6) is 1.04. The topological polar surface area (TPSA) is 47.6 Å². The molecule has 0 aliphatic rings. The van der Waals surface area contributed by atoms with Crippen molar-refractivity contribution in [3.63, 3.8) is 0 Å². The molecular weight excluding hydrogens is 358 g/mol. The highest BCUT2D eigenvalue weighted by atomic mass is 79.9. The maximum Gasteiger partial charge on any atom is 0.262 e. The number of hydrogen-bond acceptors (Lipinski definition) is 3. The van der Waals surface area contributed by atoms with Gasteiger partial charge in [0.25, 0.3) is 5.91 Å². The van der Waals surface area contributed by atoms with E-state index < -0.39 is 0 Å². The van der Waals surface area contributed by atoms with Crippen LogP contribution in [0.5, 0.6) is 11.5 Å². The van der Waals surface area contributed by atoms with Crippen molar-refractivity contribution >= 4 is 39.1 Å². The molecule has 1 amide bonds. The largest absolute Gasteiger partial charge is 0.497 e. The fourth-order valence-corrected chi connectivity index (χ4v) is 2.32. The number of rotatable bonds is 5. The zero-order valence-electron chi connectivity index (χ0n) is 11.2. The van der Waals surface area contributed by atoms with Crippen LogP contribution < -0.4 is 14.8 Å². The summed E-state index contributed by atoms with van der Waals surface area (Å²) in [7, 11) is 1.59. The Labute approximate surface area is 136 Å². The lowest BCUT2D eigenvalue weighted by molar-refractivity contribution is -0.118. The van der Waals surface area contributed by atoms with Gasteiger partial charge in [0, 0.05) is 4.47 Å². The van der Waals surface area contributed by atoms with Crippen LogP contribution in [0.15, 0.2) is 46.9 Å². The molecule has 6 heteroatoms. The molecule has 0 unspecified atom stereocenters. The molecule has 0 heterocycles. The van der Waals surface area contributed by atoms with Crippen LogP contribution in [-0.2, 0) is 4.79 Å². The Morgan fingerprint density at radius 2 is 1.86 bits per heavy atom. The van der Waals surface area contributed by atoms with Crippen LogP contribution in [0.4, 0.5) is 5.69 Å². The Morgan fingerprint density at radius 3 is 2.48 bits per heavy atom. The molecule has 2 aromatic rings. The van der Waals surface area contributed by atoms with Crippen molar-refractivity contribution < 1.29 is 14.3 Å². The summed E-state index contributed by atoms with van der Waals surface area (Å²) in [6.45, 7) is -0.0985. The summed E-state index contributed by atoms with van der Waals surface area (Å²) in [6.07, 6.45) is 0. The second kappa shape index (κ2) is 7.33. The van der Waals surface area contributed by atoms with E-state index in [0.717, 1.165) is 10.2 Å². The maximum absolute atomic E-state index is 11.8. The van der Waals surface area contributed by atoms with Crippen LogP contribution in [0.1, 0.15) is 0 Å². The predicted molar refractivity (Wildman–Crippen MR) is 86.3 cm³/mol. The molecule has 110 valence electrons. The van der Waals surface area contributed by atoms with E-state index in [1.807, 2.05) is 0 Å². The standard InChI is InChI=1S/C15H13BrClNO3/c1-20-11-3-5-12(6-4-11)21-9-15(19)18-14-7-2-10(16)8-13(14)17/h2-8H,9H2,1H3,(H,18,19). The smallest absolute Gasteiger partial charge is 0.262 e. The Hall–Kier alpha value is -1.72. The molecule has 2 rings (SSSR count). The highest BCUT2D eigenvalue weighted by molar-refractivity contribution is 9.10. The van der Waals surface area contributed by atoms with Gasteiger partial charge in [0.1, 0.15) is 11.5 Å². The van der Waals surface area contributed by atoms with E-state index in [9.17, 15) is 4.79 Å². The number of benzene rings is 2.